The minimum Gasteiger partial charge on any atom is -0.379 e. The van der Waals surface area contributed by atoms with Gasteiger partial charge in [0.2, 0.25) is 5.91 Å². The van der Waals surface area contributed by atoms with Gasteiger partial charge in [0, 0.05) is 19.2 Å². The summed E-state index contributed by atoms with van der Waals surface area (Å²) in [5, 5.41) is 3.00. The summed E-state index contributed by atoms with van der Waals surface area (Å²) in [6.07, 6.45) is 6.49. The van der Waals surface area contributed by atoms with Crippen molar-refractivity contribution >= 4 is 5.91 Å². The van der Waals surface area contributed by atoms with Gasteiger partial charge in [0.05, 0.1) is 12.0 Å². The van der Waals surface area contributed by atoms with Gasteiger partial charge < -0.3 is 15.8 Å². The van der Waals surface area contributed by atoms with E-state index < -0.39 is 0 Å². The van der Waals surface area contributed by atoms with Crippen LogP contribution < -0.4 is 11.1 Å². The van der Waals surface area contributed by atoms with E-state index in [1.165, 1.54) is 0 Å². The molecule has 4 nitrogen and oxygen atoms in total. The third kappa shape index (κ3) is 5.83. The minimum absolute atomic E-state index is 0.0330. The van der Waals surface area contributed by atoms with Crippen LogP contribution in [-0.2, 0) is 9.53 Å². The van der Waals surface area contributed by atoms with Crippen LogP contribution in [0, 0.1) is 5.92 Å². The monoisotopic (exact) mass is 256 g/mol. The first-order valence-corrected chi connectivity index (χ1v) is 7.26. The van der Waals surface area contributed by atoms with Crippen LogP contribution in [0.1, 0.15) is 52.4 Å². The van der Waals surface area contributed by atoms with Crippen LogP contribution in [0.2, 0.25) is 0 Å². The fourth-order valence-electron chi connectivity index (χ4n) is 2.37. The van der Waals surface area contributed by atoms with Crippen molar-refractivity contribution in [2.75, 3.05) is 13.2 Å². The van der Waals surface area contributed by atoms with Gasteiger partial charge in [0.25, 0.3) is 0 Å². The molecular formula is C14H28N2O2. The maximum absolute atomic E-state index is 11.9. The smallest absolute Gasteiger partial charge is 0.224 e. The maximum atomic E-state index is 11.9. The van der Waals surface area contributed by atoms with Gasteiger partial charge in [-0.25, -0.2) is 0 Å². The highest BCUT2D eigenvalue weighted by molar-refractivity contribution is 5.79. The summed E-state index contributed by atoms with van der Waals surface area (Å²) in [5.74, 6) is 0.178. The molecule has 0 saturated heterocycles. The average Bonchev–Trinajstić information content (AvgIpc) is 2.33. The van der Waals surface area contributed by atoms with Crippen LogP contribution in [0.25, 0.3) is 0 Å². The first-order chi connectivity index (χ1) is 8.61. The van der Waals surface area contributed by atoms with Crippen LogP contribution in [0.15, 0.2) is 0 Å². The molecule has 106 valence electrons. The van der Waals surface area contributed by atoms with Gasteiger partial charge in [0.1, 0.15) is 0 Å². The molecule has 0 aliphatic heterocycles. The number of rotatable bonds is 7. The molecule has 1 aliphatic rings. The van der Waals surface area contributed by atoms with Gasteiger partial charge in [-0.3, -0.25) is 4.79 Å². The van der Waals surface area contributed by atoms with Crippen molar-refractivity contribution in [1.82, 2.24) is 5.32 Å². The summed E-state index contributed by atoms with van der Waals surface area (Å²) in [5.41, 5.74) is 5.98. The largest absolute Gasteiger partial charge is 0.379 e. The van der Waals surface area contributed by atoms with Crippen LogP contribution in [0.4, 0.5) is 0 Å². The summed E-state index contributed by atoms with van der Waals surface area (Å²) < 4.78 is 5.45. The predicted octanol–water partition coefficient (Wildman–Crippen LogP) is 1.83. The number of carbonyl (C=O) groups is 1. The van der Waals surface area contributed by atoms with E-state index in [0.29, 0.717) is 6.10 Å². The maximum Gasteiger partial charge on any atom is 0.224 e. The van der Waals surface area contributed by atoms with Crippen LogP contribution >= 0.6 is 0 Å². The Kier molecular flexibility index (Phi) is 7.28. The Bertz CT molecular complexity index is 244. The van der Waals surface area contributed by atoms with E-state index >= 15 is 0 Å². The number of nitrogens with two attached hydrogens (primary N) is 1. The number of ether oxygens (including phenoxy) is 1. The first-order valence-electron chi connectivity index (χ1n) is 7.26. The third-order valence-corrected chi connectivity index (χ3v) is 3.48. The van der Waals surface area contributed by atoms with E-state index in [-0.39, 0.29) is 17.9 Å². The summed E-state index contributed by atoms with van der Waals surface area (Å²) >= 11 is 0. The number of hydrogen-bond donors (Lipinski definition) is 2. The molecule has 1 amide bonds. The average molecular weight is 256 g/mol. The van der Waals surface area contributed by atoms with E-state index in [0.717, 1.165) is 51.7 Å². The molecule has 1 saturated carbocycles. The Balaban J connectivity index is 2.06. The molecule has 0 radical (unpaired) electrons. The quantitative estimate of drug-likeness (QED) is 0.683. The standard InChI is InChI=1S/C14H28N2O2/c1-11(2)18-10-6-5-9-16-14(17)12-7-3-4-8-13(12)15/h11-13H,3-10,15H2,1-2H3,(H,16,17). The molecule has 0 aromatic rings. The van der Waals surface area contributed by atoms with Crippen molar-refractivity contribution in [2.24, 2.45) is 11.7 Å². The van der Waals surface area contributed by atoms with E-state index in [9.17, 15) is 4.79 Å². The molecule has 18 heavy (non-hydrogen) atoms. The fourth-order valence-corrected chi connectivity index (χ4v) is 2.37. The molecule has 0 heterocycles. The van der Waals surface area contributed by atoms with E-state index in [2.05, 4.69) is 5.32 Å². The molecule has 2 atom stereocenters. The Morgan fingerprint density at radius 1 is 1.33 bits per heavy atom. The molecule has 3 N–H and O–H groups in total. The molecule has 0 spiro atoms. The van der Waals surface area contributed by atoms with Crippen LogP contribution in [0.3, 0.4) is 0 Å². The number of amides is 1. The second-order valence-corrected chi connectivity index (χ2v) is 5.47. The van der Waals surface area contributed by atoms with E-state index in [1.807, 2.05) is 13.8 Å². The first kappa shape index (κ1) is 15.4. The lowest BCUT2D eigenvalue weighted by molar-refractivity contribution is -0.126. The van der Waals surface area contributed by atoms with Crippen LogP contribution in [-0.4, -0.2) is 31.2 Å². The number of hydrogen-bond acceptors (Lipinski definition) is 3. The summed E-state index contributed by atoms with van der Waals surface area (Å²) in [6.45, 7) is 5.58. The molecule has 4 heteroatoms. The highest BCUT2D eigenvalue weighted by atomic mass is 16.5. The molecule has 0 aromatic carbocycles. The summed E-state index contributed by atoms with van der Waals surface area (Å²) in [7, 11) is 0. The molecule has 1 rings (SSSR count). The van der Waals surface area contributed by atoms with Gasteiger partial charge in [-0.05, 0) is 39.5 Å². The zero-order chi connectivity index (χ0) is 13.4. The minimum atomic E-state index is 0.0330. The Hall–Kier alpha value is -0.610. The van der Waals surface area contributed by atoms with Crippen molar-refractivity contribution in [3.05, 3.63) is 0 Å². The highest BCUT2D eigenvalue weighted by Gasteiger charge is 2.27. The second kappa shape index (κ2) is 8.48. The SMILES string of the molecule is CC(C)OCCCCNC(=O)C1CCCCC1N. The Labute approximate surface area is 111 Å². The molecule has 0 aromatic heterocycles. The van der Waals surface area contributed by atoms with Gasteiger partial charge >= 0.3 is 0 Å². The Morgan fingerprint density at radius 3 is 2.72 bits per heavy atom. The predicted molar refractivity (Wildman–Crippen MR) is 73.3 cm³/mol. The van der Waals surface area contributed by atoms with Crippen LogP contribution in [0.5, 0.6) is 0 Å². The van der Waals surface area contributed by atoms with Gasteiger partial charge in [-0.1, -0.05) is 12.8 Å². The summed E-state index contributed by atoms with van der Waals surface area (Å²) in [4.78, 5) is 11.9. The number of nitrogens with one attached hydrogen (secondary N) is 1. The zero-order valence-corrected chi connectivity index (χ0v) is 11.8. The van der Waals surface area contributed by atoms with Crippen molar-refractivity contribution in [2.45, 2.75) is 64.5 Å². The second-order valence-electron chi connectivity index (χ2n) is 5.47. The van der Waals surface area contributed by atoms with E-state index in [1.54, 1.807) is 0 Å². The lowest BCUT2D eigenvalue weighted by Gasteiger charge is -2.27. The Morgan fingerprint density at radius 2 is 2.06 bits per heavy atom. The zero-order valence-electron chi connectivity index (χ0n) is 11.8. The lowest BCUT2D eigenvalue weighted by Crippen LogP contribution is -2.43. The molecular weight excluding hydrogens is 228 g/mol. The molecule has 1 fully saturated rings. The topological polar surface area (TPSA) is 64.3 Å². The lowest BCUT2D eigenvalue weighted by atomic mass is 9.84. The molecule has 2 unspecified atom stereocenters. The normalized spacial score (nSPS) is 24.2. The number of carbonyl (C=O) groups excluding carboxylic acids is 1. The van der Waals surface area contributed by atoms with Crippen molar-refractivity contribution in [3.8, 4) is 0 Å². The van der Waals surface area contributed by atoms with Gasteiger partial charge in [-0.2, -0.15) is 0 Å². The van der Waals surface area contributed by atoms with Crippen molar-refractivity contribution in [1.29, 1.82) is 0 Å². The number of unbranched alkanes of at least 4 members (excludes halogenated alkanes) is 1. The molecule has 0 bridgehead atoms. The van der Waals surface area contributed by atoms with Crippen molar-refractivity contribution in [3.63, 3.8) is 0 Å². The third-order valence-electron chi connectivity index (χ3n) is 3.48. The van der Waals surface area contributed by atoms with Crippen molar-refractivity contribution < 1.29 is 9.53 Å². The highest BCUT2D eigenvalue weighted by Crippen LogP contribution is 2.22. The van der Waals surface area contributed by atoms with Gasteiger partial charge in [-0.15, -0.1) is 0 Å². The van der Waals surface area contributed by atoms with Gasteiger partial charge in [0.15, 0.2) is 0 Å². The van der Waals surface area contributed by atoms with E-state index in [4.69, 9.17) is 10.5 Å². The molecule has 1 aliphatic carbocycles. The summed E-state index contributed by atoms with van der Waals surface area (Å²) in [6, 6.07) is 0.0584. The fraction of sp³-hybridized carbons (Fsp3) is 0.929.